The monoisotopic (exact) mass is 248 g/mol. The van der Waals surface area contributed by atoms with Crippen LogP contribution in [0.15, 0.2) is 18.2 Å². The Morgan fingerprint density at radius 2 is 2.17 bits per heavy atom. The molecule has 4 heteroatoms. The number of fused-ring (bicyclic) bond motifs is 1. The minimum Gasteiger partial charge on any atom is -0.493 e. The largest absolute Gasteiger partial charge is 0.493 e. The molecule has 0 saturated heterocycles. The number of nitrogens with one attached hydrogen (secondary N) is 2. The van der Waals surface area contributed by atoms with E-state index in [4.69, 9.17) is 4.74 Å². The van der Waals surface area contributed by atoms with Gasteiger partial charge in [-0.05, 0) is 36.7 Å². The van der Waals surface area contributed by atoms with Gasteiger partial charge >= 0.3 is 0 Å². The van der Waals surface area contributed by atoms with E-state index >= 15 is 0 Å². The van der Waals surface area contributed by atoms with Crippen LogP contribution in [0.2, 0.25) is 0 Å². The molecule has 1 unspecified atom stereocenters. The third-order valence-corrected chi connectivity index (χ3v) is 3.22. The Bertz CT molecular complexity index is 443. The average molecular weight is 248 g/mol. The smallest absolute Gasteiger partial charge is 0.241 e. The number of rotatable bonds is 4. The highest BCUT2D eigenvalue weighted by Crippen LogP contribution is 2.27. The Kier molecular flexibility index (Phi) is 3.87. The van der Waals surface area contributed by atoms with E-state index in [-0.39, 0.29) is 17.9 Å². The summed E-state index contributed by atoms with van der Waals surface area (Å²) in [6, 6.07) is 5.62. The standard InChI is InChI=1S/C14H20N2O2/c1-9(2)13(15-3)14(17)16-11-4-5-12-10(8-11)6-7-18-12/h4-5,8-9,13,15H,6-7H2,1-3H3,(H,16,17). The summed E-state index contributed by atoms with van der Waals surface area (Å²) in [5, 5.41) is 5.98. The number of ether oxygens (including phenoxy) is 1. The molecule has 0 bridgehead atoms. The van der Waals surface area contributed by atoms with Crippen LogP contribution in [0.3, 0.4) is 0 Å². The molecule has 0 saturated carbocycles. The van der Waals surface area contributed by atoms with E-state index < -0.39 is 0 Å². The van der Waals surface area contributed by atoms with Gasteiger partial charge < -0.3 is 15.4 Å². The van der Waals surface area contributed by atoms with E-state index in [0.29, 0.717) is 0 Å². The summed E-state index contributed by atoms with van der Waals surface area (Å²) in [5.74, 6) is 1.20. The van der Waals surface area contributed by atoms with E-state index in [9.17, 15) is 4.79 Å². The van der Waals surface area contributed by atoms with Crippen molar-refractivity contribution in [1.29, 1.82) is 0 Å². The van der Waals surface area contributed by atoms with E-state index in [2.05, 4.69) is 10.6 Å². The number of amides is 1. The molecule has 1 aliphatic rings. The van der Waals surface area contributed by atoms with Crippen molar-refractivity contribution in [1.82, 2.24) is 5.32 Å². The van der Waals surface area contributed by atoms with Gasteiger partial charge in [-0.1, -0.05) is 13.8 Å². The van der Waals surface area contributed by atoms with E-state index in [1.54, 1.807) is 7.05 Å². The van der Waals surface area contributed by atoms with Crippen molar-refractivity contribution < 1.29 is 9.53 Å². The van der Waals surface area contributed by atoms with Gasteiger partial charge in [-0.3, -0.25) is 4.79 Å². The zero-order valence-electron chi connectivity index (χ0n) is 11.1. The number of carbonyl (C=O) groups is 1. The maximum Gasteiger partial charge on any atom is 0.241 e. The molecular formula is C14H20N2O2. The molecule has 0 radical (unpaired) electrons. The number of hydrogen-bond donors (Lipinski definition) is 2. The molecule has 18 heavy (non-hydrogen) atoms. The quantitative estimate of drug-likeness (QED) is 0.854. The molecule has 1 aromatic rings. The van der Waals surface area contributed by atoms with Crippen molar-refractivity contribution in [2.45, 2.75) is 26.3 Å². The van der Waals surface area contributed by atoms with E-state index in [1.165, 1.54) is 5.56 Å². The minimum atomic E-state index is -0.172. The predicted molar refractivity (Wildman–Crippen MR) is 72.0 cm³/mol. The maximum absolute atomic E-state index is 12.1. The fourth-order valence-electron chi connectivity index (χ4n) is 2.25. The van der Waals surface area contributed by atoms with Crippen molar-refractivity contribution in [2.24, 2.45) is 5.92 Å². The van der Waals surface area contributed by atoms with Crippen molar-refractivity contribution in [3.05, 3.63) is 23.8 Å². The Morgan fingerprint density at radius 3 is 2.83 bits per heavy atom. The summed E-state index contributed by atoms with van der Waals surface area (Å²) < 4.78 is 5.44. The first-order valence-electron chi connectivity index (χ1n) is 6.35. The fourth-order valence-corrected chi connectivity index (χ4v) is 2.25. The van der Waals surface area contributed by atoms with Gasteiger partial charge in [0.15, 0.2) is 0 Å². The lowest BCUT2D eigenvalue weighted by Crippen LogP contribution is -2.42. The van der Waals surface area contributed by atoms with Crippen molar-refractivity contribution in [3.63, 3.8) is 0 Å². The highest BCUT2D eigenvalue weighted by atomic mass is 16.5. The topological polar surface area (TPSA) is 50.4 Å². The number of benzene rings is 1. The molecule has 98 valence electrons. The predicted octanol–water partition coefficient (Wildman–Crippen LogP) is 1.80. The van der Waals surface area contributed by atoms with E-state index in [1.807, 2.05) is 32.0 Å². The van der Waals surface area contributed by atoms with Gasteiger partial charge in [-0.15, -0.1) is 0 Å². The molecular weight excluding hydrogens is 228 g/mol. The molecule has 0 fully saturated rings. The average Bonchev–Trinajstić information content (AvgIpc) is 2.76. The Hall–Kier alpha value is -1.55. The second kappa shape index (κ2) is 5.40. The molecule has 2 rings (SSSR count). The van der Waals surface area contributed by atoms with E-state index in [0.717, 1.165) is 24.5 Å². The van der Waals surface area contributed by atoms with Crippen molar-refractivity contribution >= 4 is 11.6 Å². The van der Waals surface area contributed by atoms with Gasteiger partial charge in [0.1, 0.15) is 5.75 Å². The highest BCUT2D eigenvalue weighted by Gasteiger charge is 2.20. The van der Waals surface area contributed by atoms with Crippen LogP contribution in [-0.2, 0) is 11.2 Å². The van der Waals surface area contributed by atoms with Crippen molar-refractivity contribution in [2.75, 3.05) is 19.0 Å². The SMILES string of the molecule is CNC(C(=O)Nc1ccc2c(c1)CCO2)C(C)C. The first-order chi connectivity index (χ1) is 8.61. The Morgan fingerprint density at radius 1 is 1.39 bits per heavy atom. The van der Waals surface area contributed by atoms with Gasteiger partial charge in [-0.2, -0.15) is 0 Å². The second-order valence-corrected chi connectivity index (χ2v) is 4.92. The lowest BCUT2D eigenvalue weighted by atomic mass is 10.0. The molecule has 1 aromatic carbocycles. The first kappa shape index (κ1) is 12.9. The van der Waals surface area contributed by atoms with Gasteiger partial charge in [0.25, 0.3) is 0 Å². The third kappa shape index (κ3) is 2.64. The third-order valence-electron chi connectivity index (χ3n) is 3.22. The second-order valence-electron chi connectivity index (χ2n) is 4.92. The lowest BCUT2D eigenvalue weighted by molar-refractivity contribution is -0.118. The fraction of sp³-hybridized carbons (Fsp3) is 0.500. The van der Waals surface area contributed by atoms with Crippen LogP contribution in [0.5, 0.6) is 5.75 Å². The number of carbonyl (C=O) groups excluding carboxylic acids is 1. The zero-order chi connectivity index (χ0) is 13.1. The lowest BCUT2D eigenvalue weighted by Gasteiger charge is -2.19. The molecule has 1 heterocycles. The normalized spacial score (nSPS) is 15.1. The summed E-state index contributed by atoms with van der Waals surface area (Å²) >= 11 is 0. The molecule has 0 aliphatic carbocycles. The van der Waals surface area contributed by atoms with Gasteiger partial charge in [-0.25, -0.2) is 0 Å². The zero-order valence-corrected chi connectivity index (χ0v) is 11.1. The van der Waals surface area contributed by atoms with Crippen LogP contribution in [-0.4, -0.2) is 25.6 Å². The van der Waals surface area contributed by atoms with Crippen molar-refractivity contribution in [3.8, 4) is 5.75 Å². The summed E-state index contributed by atoms with van der Waals surface area (Å²) in [6.45, 7) is 4.78. The van der Waals surface area contributed by atoms with Crippen LogP contribution in [0.1, 0.15) is 19.4 Å². The van der Waals surface area contributed by atoms with Gasteiger partial charge in [0.05, 0.1) is 12.6 Å². The Balaban J connectivity index is 2.07. The number of likely N-dealkylation sites (N-methyl/N-ethyl adjacent to an activating group) is 1. The molecule has 1 aliphatic heterocycles. The maximum atomic E-state index is 12.1. The molecule has 0 spiro atoms. The molecule has 2 N–H and O–H groups in total. The Labute approximate surface area is 108 Å². The molecule has 1 atom stereocenters. The highest BCUT2D eigenvalue weighted by molar-refractivity contribution is 5.95. The van der Waals surface area contributed by atoms with Crippen LogP contribution in [0.4, 0.5) is 5.69 Å². The summed E-state index contributed by atoms with van der Waals surface area (Å²) in [7, 11) is 1.81. The molecule has 1 amide bonds. The summed E-state index contributed by atoms with van der Waals surface area (Å²) in [6.07, 6.45) is 0.915. The molecule has 4 nitrogen and oxygen atoms in total. The number of anilines is 1. The molecule has 0 aromatic heterocycles. The van der Waals surface area contributed by atoms with Crippen LogP contribution >= 0.6 is 0 Å². The van der Waals surface area contributed by atoms with Crippen LogP contribution < -0.4 is 15.4 Å². The summed E-state index contributed by atoms with van der Waals surface area (Å²) in [4.78, 5) is 12.1. The van der Waals surface area contributed by atoms with Crippen LogP contribution in [0.25, 0.3) is 0 Å². The number of hydrogen-bond acceptors (Lipinski definition) is 3. The minimum absolute atomic E-state index is 0.00589. The summed E-state index contributed by atoms with van der Waals surface area (Å²) in [5.41, 5.74) is 2.00. The van der Waals surface area contributed by atoms with Gasteiger partial charge in [0, 0.05) is 12.1 Å². The van der Waals surface area contributed by atoms with Gasteiger partial charge in [0.2, 0.25) is 5.91 Å². The first-order valence-corrected chi connectivity index (χ1v) is 6.35. The van der Waals surface area contributed by atoms with Crippen LogP contribution in [0, 0.1) is 5.92 Å².